The van der Waals surface area contributed by atoms with E-state index in [4.69, 9.17) is 5.11 Å². The third-order valence-electron chi connectivity index (χ3n) is 2.63. The third-order valence-corrected chi connectivity index (χ3v) is 3.32. The highest BCUT2D eigenvalue weighted by atomic mass is 79.9. The predicted octanol–water partition coefficient (Wildman–Crippen LogP) is 3.40. The minimum absolute atomic E-state index is 0.155. The highest BCUT2D eigenvalue weighted by molar-refractivity contribution is 9.10. The van der Waals surface area contributed by atoms with Crippen LogP contribution in [-0.4, -0.2) is 35.0 Å². The molecule has 0 atom stereocenters. The van der Waals surface area contributed by atoms with Crippen molar-refractivity contribution < 1.29 is 27.9 Å². The van der Waals surface area contributed by atoms with Gasteiger partial charge in [0.1, 0.15) is 6.54 Å². The Morgan fingerprint density at radius 2 is 1.95 bits per heavy atom. The van der Waals surface area contributed by atoms with Crippen LogP contribution in [-0.2, 0) is 11.0 Å². The van der Waals surface area contributed by atoms with Gasteiger partial charge in [0.15, 0.2) is 0 Å². The number of carboxylic acid groups (broad SMARTS) is 1. The van der Waals surface area contributed by atoms with Crippen molar-refractivity contribution in [3.63, 3.8) is 0 Å². The summed E-state index contributed by atoms with van der Waals surface area (Å²) in [5.41, 5.74) is -1.17. The molecule has 0 heterocycles. The van der Waals surface area contributed by atoms with Crippen molar-refractivity contribution in [3.05, 3.63) is 33.8 Å². The van der Waals surface area contributed by atoms with Crippen LogP contribution in [0, 0.1) is 0 Å². The van der Waals surface area contributed by atoms with Crippen LogP contribution < -0.4 is 0 Å². The second kappa shape index (κ2) is 6.93. The van der Waals surface area contributed by atoms with E-state index in [1.54, 1.807) is 6.92 Å². The average Bonchev–Trinajstić information content (AvgIpc) is 2.36. The summed E-state index contributed by atoms with van der Waals surface area (Å²) in [4.78, 5) is 23.9. The molecule has 0 aromatic heterocycles. The summed E-state index contributed by atoms with van der Waals surface area (Å²) < 4.78 is 38.2. The Hall–Kier alpha value is -1.57. The number of alkyl halides is 3. The molecule has 4 nitrogen and oxygen atoms in total. The van der Waals surface area contributed by atoms with Crippen LogP contribution in [0.2, 0.25) is 0 Å². The molecule has 1 N–H and O–H groups in total. The molecule has 0 aliphatic carbocycles. The molecule has 116 valence electrons. The van der Waals surface area contributed by atoms with Crippen molar-refractivity contribution >= 4 is 27.8 Å². The Kier molecular flexibility index (Phi) is 5.77. The van der Waals surface area contributed by atoms with Gasteiger partial charge < -0.3 is 10.0 Å². The fourth-order valence-corrected chi connectivity index (χ4v) is 2.22. The van der Waals surface area contributed by atoms with E-state index in [1.807, 2.05) is 0 Å². The number of rotatable bonds is 5. The number of nitrogens with zero attached hydrogens (tertiary/aromatic N) is 1. The number of aliphatic carboxylic acids is 1. The van der Waals surface area contributed by atoms with Gasteiger partial charge in [0.2, 0.25) is 0 Å². The summed E-state index contributed by atoms with van der Waals surface area (Å²) in [5.74, 6) is -1.96. The zero-order valence-corrected chi connectivity index (χ0v) is 12.7. The summed E-state index contributed by atoms with van der Waals surface area (Å²) >= 11 is 2.78. The summed E-state index contributed by atoms with van der Waals surface area (Å²) in [7, 11) is 0. The fraction of sp³-hybridized carbons (Fsp3) is 0.385. The van der Waals surface area contributed by atoms with E-state index in [9.17, 15) is 22.8 Å². The molecule has 0 bridgehead atoms. The van der Waals surface area contributed by atoms with Gasteiger partial charge in [-0.05, 0) is 24.6 Å². The summed E-state index contributed by atoms with van der Waals surface area (Å²) in [6.07, 6.45) is -4.10. The largest absolute Gasteiger partial charge is 0.480 e. The second-order valence-corrected chi connectivity index (χ2v) is 5.17. The van der Waals surface area contributed by atoms with Crippen molar-refractivity contribution in [3.8, 4) is 0 Å². The molecule has 1 rings (SSSR count). The lowest BCUT2D eigenvalue weighted by Crippen LogP contribution is -2.36. The molecule has 1 aromatic carbocycles. The zero-order chi connectivity index (χ0) is 16.2. The number of hydrogen-bond donors (Lipinski definition) is 1. The smallest absolute Gasteiger partial charge is 0.417 e. The lowest BCUT2D eigenvalue weighted by molar-refractivity contribution is -0.139. The molecule has 0 radical (unpaired) electrons. The molecule has 0 unspecified atom stereocenters. The number of amides is 1. The van der Waals surface area contributed by atoms with E-state index >= 15 is 0 Å². The van der Waals surface area contributed by atoms with Crippen LogP contribution in [0.3, 0.4) is 0 Å². The van der Waals surface area contributed by atoms with Crippen molar-refractivity contribution in [2.24, 2.45) is 0 Å². The van der Waals surface area contributed by atoms with Crippen molar-refractivity contribution in [1.82, 2.24) is 4.90 Å². The SMILES string of the molecule is CCCN(CC(=O)O)C(=O)c1ccc(Br)c(C(F)(F)F)c1. The molecule has 0 saturated heterocycles. The van der Waals surface area contributed by atoms with E-state index in [1.165, 1.54) is 6.07 Å². The van der Waals surface area contributed by atoms with Crippen molar-refractivity contribution in [2.75, 3.05) is 13.1 Å². The molecule has 1 aromatic rings. The number of benzene rings is 1. The molecule has 0 spiro atoms. The van der Waals surface area contributed by atoms with Gasteiger partial charge in [0.05, 0.1) is 5.56 Å². The van der Waals surface area contributed by atoms with E-state index in [2.05, 4.69) is 15.9 Å². The van der Waals surface area contributed by atoms with Gasteiger partial charge in [0.25, 0.3) is 5.91 Å². The van der Waals surface area contributed by atoms with Crippen molar-refractivity contribution in [1.29, 1.82) is 0 Å². The van der Waals surface area contributed by atoms with E-state index in [0.29, 0.717) is 6.42 Å². The first-order valence-corrected chi connectivity index (χ1v) is 6.84. The maximum atomic E-state index is 12.8. The lowest BCUT2D eigenvalue weighted by Gasteiger charge is -2.20. The van der Waals surface area contributed by atoms with Crippen LogP contribution in [0.15, 0.2) is 22.7 Å². The van der Waals surface area contributed by atoms with Crippen LogP contribution in [0.1, 0.15) is 29.3 Å². The van der Waals surface area contributed by atoms with Gasteiger partial charge >= 0.3 is 12.1 Å². The normalized spacial score (nSPS) is 11.3. The van der Waals surface area contributed by atoms with Gasteiger partial charge in [0, 0.05) is 16.6 Å². The Morgan fingerprint density at radius 1 is 1.33 bits per heavy atom. The van der Waals surface area contributed by atoms with Gasteiger partial charge in [-0.2, -0.15) is 13.2 Å². The molecule has 21 heavy (non-hydrogen) atoms. The van der Waals surface area contributed by atoms with Crippen LogP contribution in [0.25, 0.3) is 0 Å². The Bertz CT molecular complexity index is 546. The second-order valence-electron chi connectivity index (χ2n) is 4.31. The first-order valence-electron chi connectivity index (χ1n) is 6.04. The quantitative estimate of drug-likeness (QED) is 0.867. The number of carbonyl (C=O) groups excluding carboxylic acids is 1. The molecular formula is C13H13BrF3NO3. The molecule has 8 heteroatoms. The Balaban J connectivity index is 3.13. The zero-order valence-electron chi connectivity index (χ0n) is 11.1. The first kappa shape index (κ1) is 17.5. The standard InChI is InChI=1S/C13H13BrF3NO3/c1-2-5-18(7-11(19)20)12(21)8-3-4-10(14)9(6-8)13(15,16)17/h3-4,6H,2,5,7H2,1H3,(H,19,20). The first-order chi connectivity index (χ1) is 9.66. The van der Waals surface area contributed by atoms with Crippen molar-refractivity contribution in [2.45, 2.75) is 19.5 Å². The molecule has 1 amide bonds. The van der Waals surface area contributed by atoms with Gasteiger partial charge in [-0.3, -0.25) is 9.59 Å². The van der Waals surface area contributed by atoms with Crippen LogP contribution >= 0.6 is 15.9 Å². The van der Waals surface area contributed by atoms with Gasteiger partial charge in [-0.25, -0.2) is 0 Å². The molecule has 0 aliphatic heterocycles. The molecular weight excluding hydrogens is 355 g/mol. The molecule has 0 fully saturated rings. The van der Waals surface area contributed by atoms with Crippen LogP contribution in [0.4, 0.5) is 13.2 Å². The monoisotopic (exact) mass is 367 g/mol. The number of hydrogen-bond acceptors (Lipinski definition) is 2. The number of halogens is 4. The topological polar surface area (TPSA) is 57.6 Å². The fourth-order valence-electron chi connectivity index (χ4n) is 1.74. The maximum Gasteiger partial charge on any atom is 0.417 e. The third kappa shape index (κ3) is 4.73. The Labute approximate surface area is 127 Å². The Morgan fingerprint density at radius 3 is 2.43 bits per heavy atom. The van der Waals surface area contributed by atoms with E-state index < -0.39 is 30.2 Å². The minimum Gasteiger partial charge on any atom is -0.480 e. The van der Waals surface area contributed by atoms with Crippen LogP contribution in [0.5, 0.6) is 0 Å². The number of carbonyl (C=O) groups is 2. The number of carboxylic acids is 1. The highest BCUT2D eigenvalue weighted by Gasteiger charge is 2.34. The summed E-state index contributed by atoms with van der Waals surface area (Å²) in [6, 6.07) is 3.07. The summed E-state index contributed by atoms with van der Waals surface area (Å²) in [5, 5.41) is 8.75. The summed E-state index contributed by atoms with van der Waals surface area (Å²) in [6.45, 7) is 1.34. The molecule has 0 aliphatic rings. The van der Waals surface area contributed by atoms with E-state index in [0.717, 1.165) is 17.0 Å². The predicted molar refractivity (Wildman–Crippen MR) is 73.0 cm³/mol. The van der Waals surface area contributed by atoms with E-state index in [-0.39, 0.29) is 16.6 Å². The maximum absolute atomic E-state index is 12.8. The van der Waals surface area contributed by atoms with Gasteiger partial charge in [-0.15, -0.1) is 0 Å². The lowest BCUT2D eigenvalue weighted by atomic mass is 10.1. The average molecular weight is 368 g/mol. The van der Waals surface area contributed by atoms with Gasteiger partial charge in [-0.1, -0.05) is 22.9 Å². The minimum atomic E-state index is -4.60. The highest BCUT2D eigenvalue weighted by Crippen LogP contribution is 2.35. The molecule has 0 saturated carbocycles.